The standard InChI is InChI=1S/C9H12O3S/c10-5-8(11)9(12)6-1-3-7(13)4-2-6/h1-4,8-13H,5H2. The summed E-state index contributed by atoms with van der Waals surface area (Å²) in [6, 6.07) is 6.75. The Balaban J connectivity index is 2.77. The van der Waals surface area contributed by atoms with Crippen molar-refractivity contribution in [3.8, 4) is 0 Å². The van der Waals surface area contributed by atoms with E-state index in [1.165, 1.54) is 0 Å². The second kappa shape index (κ2) is 4.62. The average molecular weight is 200 g/mol. The van der Waals surface area contributed by atoms with E-state index in [9.17, 15) is 5.11 Å². The first-order valence-corrected chi connectivity index (χ1v) is 4.36. The summed E-state index contributed by atoms with van der Waals surface area (Å²) in [5, 5.41) is 27.2. The minimum atomic E-state index is -1.13. The zero-order valence-electron chi connectivity index (χ0n) is 6.96. The number of hydrogen-bond donors (Lipinski definition) is 4. The van der Waals surface area contributed by atoms with Crippen LogP contribution in [0, 0.1) is 0 Å². The first kappa shape index (κ1) is 10.5. The lowest BCUT2D eigenvalue weighted by molar-refractivity contribution is -0.0152. The predicted octanol–water partition coefficient (Wildman–Crippen LogP) is 0.362. The fraction of sp³-hybridized carbons (Fsp3) is 0.333. The first-order valence-electron chi connectivity index (χ1n) is 3.91. The van der Waals surface area contributed by atoms with E-state index in [0.29, 0.717) is 5.56 Å². The molecule has 0 amide bonds. The molecule has 0 aliphatic carbocycles. The van der Waals surface area contributed by atoms with Crippen LogP contribution in [0.5, 0.6) is 0 Å². The van der Waals surface area contributed by atoms with Gasteiger partial charge in [0.15, 0.2) is 0 Å². The molecule has 2 atom stereocenters. The van der Waals surface area contributed by atoms with E-state index in [4.69, 9.17) is 10.2 Å². The van der Waals surface area contributed by atoms with Crippen molar-refractivity contribution >= 4 is 12.6 Å². The lowest BCUT2D eigenvalue weighted by atomic mass is 10.1. The molecule has 1 aromatic carbocycles. The SMILES string of the molecule is OCC(O)C(O)c1ccc(S)cc1. The fourth-order valence-corrected chi connectivity index (χ4v) is 1.14. The second-order valence-electron chi connectivity index (χ2n) is 2.79. The summed E-state index contributed by atoms with van der Waals surface area (Å²) in [5.41, 5.74) is 0.569. The Kier molecular flexibility index (Phi) is 3.74. The first-order chi connectivity index (χ1) is 6.15. The van der Waals surface area contributed by atoms with E-state index in [2.05, 4.69) is 12.6 Å². The van der Waals surface area contributed by atoms with Crippen LogP contribution in [0.25, 0.3) is 0 Å². The van der Waals surface area contributed by atoms with E-state index in [1.807, 2.05) is 0 Å². The monoisotopic (exact) mass is 200 g/mol. The van der Waals surface area contributed by atoms with E-state index >= 15 is 0 Å². The van der Waals surface area contributed by atoms with Gasteiger partial charge >= 0.3 is 0 Å². The van der Waals surface area contributed by atoms with Crippen molar-refractivity contribution in [2.75, 3.05) is 6.61 Å². The van der Waals surface area contributed by atoms with Crippen LogP contribution >= 0.6 is 12.6 Å². The van der Waals surface area contributed by atoms with Crippen LogP contribution in [0.4, 0.5) is 0 Å². The predicted molar refractivity (Wildman–Crippen MR) is 51.7 cm³/mol. The second-order valence-corrected chi connectivity index (χ2v) is 3.30. The van der Waals surface area contributed by atoms with Crippen molar-refractivity contribution in [2.45, 2.75) is 17.1 Å². The van der Waals surface area contributed by atoms with Crippen molar-refractivity contribution in [3.05, 3.63) is 29.8 Å². The van der Waals surface area contributed by atoms with E-state index in [1.54, 1.807) is 24.3 Å². The summed E-state index contributed by atoms with van der Waals surface area (Å²) < 4.78 is 0. The summed E-state index contributed by atoms with van der Waals surface area (Å²) in [7, 11) is 0. The molecule has 0 saturated heterocycles. The van der Waals surface area contributed by atoms with Crippen LogP contribution in [0.2, 0.25) is 0 Å². The molecule has 2 unspecified atom stereocenters. The zero-order valence-corrected chi connectivity index (χ0v) is 7.85. The number of rotatable bonds is 3. The molecule has 72 valence electrons. The van der Waals surface area contributed by atoms with Crippen molar-refractivity contribution in [1.29, 1.82) is 0 Å². The molecule has 0 aromatic heterocycles. The molecular formula is C9H12O3S. The van der Waals surface area contributed by atoms with Gasteiger partial charge in [-0.25, -0.2) is 0 Å². The topological polar surface area (TPSA) is 60.7 Å². The third-order valence-corrected chi connectivity index (χ3v) is 2.08. The molecule has 0 radical (unpaired) electrons. The minimum absolute atomic E-state index is 0.455. The van der Waals surface area contributed by atoms with Gasteiger partial charge in [0, 0.05) is 4.90 Å². The Hall–Kier alpha value is -0.550. The molecule has 0 fully saturated rings. The Morgan fingerprint density at radius 2 is 1.69 bits per heavy atom. The lowest BCUT2D eigenvalue weighted by Gasteiger charge is -2.15. The number of benzene rings is 1. The Morgan fingerprint density at radius 1 is 1.15 bits per heavy atom. The molecule has 13 heavy (non-hydrogen) atoms. The quantitative estimate of drug-likeness (QED) is 0.533. The lowest BCUT2D eigenvalue weighted by Crippen LogP contribution is -2.21. The molecule has 0 bridgehead atoms. The van der Waals surface area contributed by atoms with Crippen LogP contribution < -0.4 is 0 Å². The molecule has 4 heteroatoms. The van der Waals surface area contributed by atoms with Crippen molar-refractivity contribution in [1.82, 2.24) is 0 Å². The summed E-state index contributed by atoms with van der Waals surface area (Å²) in [5.74, 6) is 0. The highest BCUT2D eigenvalue weighted by Gasteiger charge is 2.16. The number of aliphatic hydroxyl groups is 3. The summed E-state index contributed by atoms with van der Waals surface area (Å²) >= 11 is 4.08. The molecular weight excluding hydrogens is 188 g/mol. The number of aliphatic hydroxyl groups excluding tert-OH is 3. The van der Waals surface area contributed by atoms with Gasteiger partial charge in [-0.1, -0.05) is 12.1 Å². The Morgan fingerprint density at radius 3 is 2.15 bits per heavy atom. The highest BCUT2D eigenvalue weighted by atomic mass is 32.1. The molecule has 0 aliphatic heterocycles. The van der Waals surface area contributed by atoms with Gasteiger partial charge in [0.1, 0.15) is 12.2 Å². The zero-order chi connectivity index (χ0) is 9.84. The van der Waals surface area contributed by atoms with Crippen LogP contribution in [0.1, 0.15) is 11.7 Å². The normalized spacial score (nSPS) is 15.4. The molecule has 0 aliphatic rings. The van der Waals surface area contributed by atoms with Gasteiger partial charge < -0.3 is 15.3 Å². The minimum Gasteiger partial charge on any atom is -0.394 e. The molecule has 0 spiro atoms. The Labute approximate surface area is 82.1 Å². The summed E-state index contributed by atoms with van der Waals surface area (Å²) in [6.07, 6.45) is -2.18. The van der Waals surface area contributed by atoms with Crippen molar-refractivity contribution in [3.63, 3.8) is 0 Å². The number of hydrogen-bond acceptors (Lipinski definition) is 4. The summed E-state index contributed by atoms with van der Waals surface area (Å²) in [4.78, 5) is 0.787. The average Bonchev–Trinajstić information content (AvgIpc) is 2.17. The van der Waals surface area contributed by atoms with E-state index in [-0.39, 0.29) is 0 Å². The molecule has 1 rings (SSSR count). The summed E-state index contributed by atoms with van der Waals surface area (Å²) in [6.45, 7) is -0.455. The van der Waals surface area contributed by atoms with Crippen LogP contribution in [0.15, 0.2) is 29.2 Å². The van der Waals surface area contributed by atoms with Crippen molar-refractivity contribution < 1.29 is 15.3 Å². The maximum Gasteiger partial charge on any atom is 0.107 e. The molecule has 1 aromatic rings. The largest absolute Gasteiger partial charge is 0.394 e. The smallest absolute Gasteiger partial charge is 0.107 e. The fourth-order valence-electron chi connectivity index (χ4n) is 0.993. The highest BCUT2D eigenvalue weighted by molar-refractivity contribution is 7.80. The van der Waals surface area contributed by atoms with E-state index in [0.717, 1.165) is 4.90 Å². The van der Waals surface area contributed by atoms with Gasteiger partial charge in [-0.2, -0.15) is 0 Å². The van der Waals surface area contributed by atoms with Gasteiger partial charge in [0.2, 0.25) is 0 Å². The van der Waals surface area contributed by atoms with Crippen LogP contribution in [-0.4, -0.2) is 28.0 Å². The Bertz CT molecular complexity index is 260. The third-order valence-electron chi connectivity index (χ3n) is 1.79. The number of thiol groups is 1. The van der Waals surface area contributed by atoms with Crippen LogP contribution in [0.3, 0.4) is 0 Å². The van der Waals surface area contributed by atoms with E-state index < -0.39 is 18.8 Å². The van der Waals surface area contributed by atoms with Gasteiger partial charge in [0.25, 0.3) is 0 Å². The van der Waals surface area contributed by atoms with Gasteiger partial charge in [0.05, 0.1) is 6.61 Å². The molecule has 3 N–H and O–H groups in total. The van der Waals surface area contributed by atoms with Crippen LogP contribution in [-0.2, 0) is 0 Å². The molecule has 0 heterocycles. The highest BCUT2D eigenvalue weighted by Crippen LogP contribution is 2.18. The maximum atomic E-state index is 9.44. The maximum absolute atomic E-state index is 9.44. The van der Waals surface area contributed by atoms with Crippen molar-refractivity contribution in [2.24, 2.45) is 0 Å². The van der Waals surface area contributed by atoms with Gasteiger partial charge in [-0.3, -0.25) is 0 Å². The van der Waals surface area contributed by atoms with Gasteiger partial charge in [-0.15, -0.1) is 12.6 Å². The van der Waals surface area contributed by atoms with Gasteiger partial charge in [-0.05, 0) is 17.7 Å². The molecule has 3 nitrogen and oxygen atoms in total. The third kappa shape index (κ3) is 2.70. The molecule has 0 saturated carbocycles.